The molecule has 3 aromatic rings. The van der Waals surface area contributed by atoms with Gasteiger partial charge in [-0.25, -0.2) is 14.3 Å². The number of nitrogens with one attached hydrogen (secondary N) is 2. The van der Waals surface area contributed by atoms with Gasteiger partial charge in [-0.1, -0.05) is 6.07 Å². The lowest BCUT2D eigenvalue weighted by molar-refractivity contribution is 0.0199. The third kappa shape index (κ3) is 5.76. The lowest BCUT2D eigenvalue weighted by Gasteiger charge is -2.33. The molecule has 1 aliphatic heterocycles. The lowest BCUT2D eigenvalue weighted by Crippen LogP contribution is -2.47. The highest BCUT2D eigenvalue weighted by atomic mass is 16.6. The molecule has 0 saturated carbocycles. The van der Waals surface area contributed by atoms with Crippen LogP contribution in [0.2, 0.25) is 0 Å². The van der Waals surface area contributed by atoms with Crippen LogP contribution in [0, 0.1) is 0 Å². The van der Waals surface area contributed by atoms with E-state index < -0.39 is 5.60 Å². The summed E-state index contributed by atoms with van der Waals surface area (Å²) in [5.74, 6) is 0.421. The molecule has 3 aromatic heterocycles. The fourth-order valence-corrected chi connectivity index (χ4v) is 3.62. The van der Waals surface area contributed by atoms with Crippen molar-refractivity contribution in [3.8, 4) is 0 Å². The molecule has 1 saturated heterocycles. The van der Waals surface area contributed by atoms with Gasteiger partial charge in [0.1, 0.15) is 17.0 Å². The summed E-state index contributed by atoms with van der Waals surface area (Å²) in [6.07, 6.45) is 7.82. The number of hydrogen-bond donors (Lipinski definition) is 2. The van der Waals surface area contributed by atoms with Crippen LogP contribution in [0.25, 0.3) is 5.65 Å². The number of fused-ring (bicyclic) bond motifs is 1. The number of likely N-dealkylation sites (tertiary alicyclic amines) is 1. The maximum atomic E-state index is 12.9. The van der Waals surface area contributed by atoms with E-state index in [0.29, 0.717) is 49.5 Å². The molecule has 2 amide bonds. The van der Waals surface area contributed by atoms with Crippen molar-refractivity contribution >= 4 is 23.5 Å². The second kappa shape index (κ2) is 9.43. The molecular formula is C23H29N7O3. The highest BCUT2D eigenvalue weighted by Crippen LogP contribution is 2.17. The summed E-state index contributed by atoms with van der Waals surface area (Å²) < 4.78 is 7.01. The monoisotopic (exact) mass is 451 g/mol. The first-order valence-corrected chi connectivity index (χ1v) is 11.0. The van der Waals surface area contributed by atoms with Gasteiger partial charge in [0.15, 0.2) is 5.65 Å². The highest BCUT2D eigenvalue weighted by molar-refractivity contribution is 5.99. The van der Waals surface area contributed by atoms with Crippen molar-refractivity contribution in [2.45, 2.75) is 51.8 Å². The van der Waals surface area contributed by atoms with Crippen LogP contribution in [0.5, 0.6) is 0 Å². The fourth-order valence-electron chi connectivity index (χ4n) is 3.62. The van der Waals surface area contributed by atoms with Gasteiger partial charge in [-0.05, 0) is 51.3 Å². The van der Waals surface area contributed by atoms with Crippen LogP contribution in [-0.4, -0.2) is 61.2 Å². The molecule has 10 nitrogen and oxygen atoms in total. The Labute approximate surface area is 192 Å². The van der Waals surface area contributed by atoms with E-state index in [-0.39, 0.29) is 18.0 Å². The molecule has 174 valence electrons. The van der Waals surface area contributed by atoms with Gasteiger partial charge in [0.25, 0.3) is 5.91 Å². The molecule has 2 N–H and O–H groups in total. The normalized spacial score (nSPS) is 14.8. The second-order valence-electron chi connectivity index (χ2n) is 9.07. The zero-order chi connectivity index (χ0) is 23.4. The zero-order valence-corrected chi connectivity index (χ0v) is 19.1. The minimum atomic E-state index is -0.523. The summed E-state index contributed by atoms with van der Waals surface area (Å²) in [5, 5.41) is 10.6. The summed E-state index contributed by atoms with van der Waals surface area (Å²) in [6, 6.07) is 5.64. The predicted molar refractivity (Wildman–Crippen MR) is 123 cm³/mol. The summed E-state index contributed by atoms with van der Waals surface area (Å²) in [7, 11) is 0. The Kier molecular flexibility index (Phi) is 6.43. The van der Waals surface area contributed by atoms with Crippen LogP contribution in [0.15, 0.2) is 43.0 Å². The second-order valence-corrected chi connectivity index (χ2v) is 9.07. The third-order valence-electron chi connectivity index (χ3n) is 5.29. The van der Waals surface area contributed by atoms with Gasteiger partial charge in [0.2, 0.25) is 0 Å². The number of aromatic nitrogens is 4. The number of piperidine rings is 1. The van der Waals surface area contributed by atoms with E-state index in [1.165, 1.54) is 6.20 Å². The van der Waals surface area contributed by atoms with Crippen LogP contribution in [-0.2, 0) is 11.3 Å². The standard InChI is InChI=1S/C23H29N7O3/c1-23(2,3)33-22(32)29-10-6-17(7-11-29)27-21(31)18-15-26-30-12-8-19(28-20(18)30)25-14-16-5-4-9-24-13-16/h4-5,8-9,12-13,15,17H,6-7,10-11,14H2,1-3H3,(H,25,28)(H,27,31). The first kappa shape index (κ1) is 22.5. The summed E-state index contributed by atoms with van der Waals surface area (Å²) >= 11 is 0. The average molecular weight is 452 g/mol. The lowest BCUT2D eigenvalue weighted by atomic mass is 10.0. The van der Waals surface area contributed by atoms with Gasteiger partial charge in [0, 0.05) is 44.3 Å². The molecule has 1 fully saturated rings. The van der Waals surface area contributed by atoms with Crippen LogP contribution >= 0.6 is 0 Å². The van der Waals surface area contributed by atoms with E-state index in [1.807, 2.05) is 39.0 Å². The number of ether oxygens (including phenoxy) is 1. The minimum Gasteiger partial charge on any atom is -0.444 e. The van der Waals surface area contributed by atoms with Crippen molar-refractivity contribution in [2.75, 3.05) is 18.4 Å². The zero-order valence-electron chi connectivity index (χ0n) is 19.1. The molecule has 10 heteroatoms. The van der Waals surface area contributed by atoms with Crippen LogP contribution in [0.3, 0.4) is 0 Å². The molecule has 0 aliphatic carbocycles. The van der Waals surface area contributed by atoms with E-state index in [9.17, 15) is 9.59 Å². The number of amides is 2. The summed E-state index contributed by atoms with van der Waals surface area (Å²) in [4.78, 5) is 35.5. The van der Waals surface area contributed by atoms with Gasteiger partial charge in [0.05, 0.1) is 6.20 Å². The molecule has 33 heavy (non-hydrogen) atoms. The Morgan fingerprint density at radius 2 is 1.97 bits per heavy atom. The molecule has 0 aromatic carbocycles. The maximum absolute atomic E-state index is 12.9. The first-order chi connectivity index (χ1) is 15.8. The quantitative estimate of drug-likeness (QED) is 0.613. The van der Waals surface area contributed by atoms with Gasteiger partial charge in [-0.15, -0.1) is 0 Å². The van der Waals surface area contributed by atoms with E-state index in [2.05, 4.69) is 25.7 Å². The molecule has 0 radical (unpaired) electrons. The van der Waals surface area contributed by atoms with E-state index in [0.717, 1.165) is 5.56 Å². The SMILES string of the molecule is CC(C)(C)OC(=O)N1CCC(NC(=O)c2cnn3ccc(NCc4cccnc4)nc23)CC1. The smallest absolute Gasteiger partial charge is 0.410 e. The van der Waals surface area contributed by atoms with Crippen molar-refractivity contribution in [1.82, 2.24) is 29.8 Å². The number of rotatable bonds is 5. The molecule has 4 rings (SSSR count). The van der Waals surface area contributed by atoms with Crippen LogP contribution in [0.1, 0.15) is 49.5 Å². The van der Waals surface area contributed by atoms with Crippen molar-refractivity contribution < 1.29 is 14.3 Å². The number of pyridine rings is 1. The Balaban J connectivity index is 1.36. The molecule has 1 aliphatic rings. The summed E-state index contributed by atoms with van der Waals surface area (Å²) in [6.45, 7) is 7.19. The number of anilines is 1. The minimum absolute atomic E-state index is 0.0296. The van der Waals surface area contributed by atoms with E-state index in [4.69, 9.17) is 4.74 Å². The Morgan fingerprint density at radius 1 is 1.18 bits per heavy atom. The first-order valence-electron chi connectivity index (χ1n) is 11.0. The topological polar surface area (TPSA) is 114 Å². The number of hydrogen-bond acceptors (Lipinski definition) is 7. The van der Waals surface area contributed by atoms with Crippen molar-refractivity contribution in [3.05, 3.63) is 54.1 Å². The van der Waals surface area contributed by atoms with Crippen molar-refractivity contribution in [1.29, 1.82) is 0 Å². The number of carbonyl (C=O) groups is 2. The fraction of sp³-hybridized carbons (Fsp3) is 0.435. The molecule has 0 atom stereocenters. The molecule has 0 bridgehead atoms. The Bertz CT molecular complexity index is 1120. The molecule has 4 heterocycles. The predicted octanol–water partition coefficient (Wildman–Crippen LogP) is 2.87. The molecule has 0 spiro atoms. The number of carbonyl (C=O) groups excluding carboxylic acids is 2. The third-order valence-corrected chi connectivity index (χ3v) is 5.29. The van der Waals surface area contributed by atoms with Gasteiger partial charge >= 0.3 is 6.09 Å². The molecule has 0 unspecified atom stereocenters. The average Bonchev–Trinajstić information content (AvgIpc) is 3.21. The van der Waals surface area contributed by atoms with E-state index >= 15 is 0 Å². The Morgan fingerprint density at radius 3 is 2.67 bits per heavy atom. The van der Waals surface area contributed by atoms with E-state index in [1.54, 1.807) is 28.0 Å². The van der Waals surface area contributed by atoms with Crippen molar-refractivity contribution in [2.24, 2.45) is 0 Å². The van der Waals surface area contributed by atoms with Gasteiger partial charge in [-0.3, -0.25) is 9.78 Å². The highest BCUT2D eigenvalue weighted by Gasteiger charge is 2.28. The molecular weight excluding hydrogens is 422 g/mol. The summed E-state index contributed by atoms with van der Waals surface area (Å²) in [5.41, 5.74) is 1.40. The van der Waals surface area contributed by atoms with Gasteiger partial charge < -0.3 is 20.3 Å². The number of nitrogens with zero attached hydrogens (tertiary/aromatic N) is 5. The van der Waals surface area contributed by atoms with Crippen molar-refractivity contribution in [3.63, 3.8) is 0 Å². The van der Waals surface area contributed by atoms with Crippen LogP contribution < -0.4 is 10.6 Å². The Hall–Kier alpha value is -3.69. The largest absolute Gasteiger partial charge is 0.444 e. The van der Waals surface area contributed by atoms with Gasteiger partial charge in [-0.2, -0.15) is 5.10 Å². The van der Waals surface area contributed by atoms with Crippen LogP contribution in [0.4, 0.5) is 10.6 Å². The maximum Gasteiger partial charge on any atom is 0.410 e.